The molecule has 0 saturated carbocycles. The number of allylic oxidation sites excluding steroid dienone is 6. The Labute approximate surface area is 614 Å². The van der Waals surface area contributed by atoms with Crippen LogP contribution in [0.5, 0.6) is 0 Å². The lowest BCUT2D eigenvalue weighted by Crippen LogP contribution is -2.45. The Morgan fingerprint density at radius 3 is 0.786 bits per heavy atom. The first kappa shape index (κ1) is 96.1. The van der Waals surface area contributed by atoms with Gasteiger partial charge in [-0.05, 0) is 83.5 Å². The van der Waals surface area contributed by atoms with E-state index in [1.165, 1.54) is 430 Å². The number of aliphatic hydroxyl groups is 2. The van der Waals surface area contributed by atoms with E-state index in [1.807, 2.05) is 0 Å². The zero-order valence-corrected chi connectivity index (χ0v) is 66.8. The minimum absolute atomic E-state index is 0.0181. The van der Waals surface area contributed by atoms with E-state index < -0.39 is 12.1 Å². The van der Waals surface area contributed by atoms with Crippen LogP contribution in [0.1, 0.15) is 515 Å². The third kappa shape index (κ3) is 83.0. The zero-order valence-electron chi connectivity index (χ0n) is 66.8. The summed E-state index contributed by atoms with van der Waals surface area (Å²) >= 11 is 0. The van der Waals surface area contributed by atoms with Gasteiger partial charge < -0.3 is 20.3 Å². The summed E-state index contributed by atoms with van der Waals surface area (Å²) in [4.78, 5) is 24.7. The molecule has 0 aromatic heterocycles. The van der Waals surface area contributed by atoms with E-state index in [-0.39, 0.29) is 18.5 Å². The van der Waals surface area contributed by atoms with Gasteiger partial charge in [-0.1, -0.05) is 455 Å². The summed E-state index contributed by atoms with van der Waals surface area (Å²) in [6.45, 7) is 5.01. The Bertz CT molecular complexity index is 1590. The van der Waals surface area contributed by atoms with Crippen molar-refractivity contribution < 1.29 is 24.5 Å². The first-order valence-electron chi connectivity index (χ1n) is 45.2. The van der Waals surface area contributed by atoms with Crippen LogP contribution >= 0.6 is 0 Å². The van der Waals surface area contributed by atoms with Gasteiger partial charge in [0.05, 0.1) is 25.4 Å². The van der Waals surface area contributed by atoms with Gasteiger partial charge >= 0.3 is 5.97 Å². The molecule has 580 valence electrons. The number of hydrogen-bond acceptors (Lipinski definition) is 5. The molecule has 0 fully saturated rings. The van der Waals surface area contributed by atoms with Gasteiger partial charge in [0.1, 0.15) is 0 Å². The Hall–Kier alpha value is -1.92. The first-order chi connectivity index (χ1) is 48.5. The van der Waals surface area contributed by atoms with Crippen molar-refractivity contribution in [2.45, 2.75) is 527 Å². The number of nitrogens with one attached hydrogen (secondary N) is 1. The molecular weight excluding hydrogens is 1200 g/mol. The molecule has 0 aliphatic heterocycles. The smallest absolute Gasteiger partial charge is 0.305 e. The number of unbranched alkanes of at least 4 members (excludes halogenated alkanes) is 69. The average molecular weight is 1380 g/mol. The van der Waals surface area contributed by atoms with Gasteiger partial charge in [-0.15, -0.1) is 0 Å². The summed E-state index contributed by atoms with van der Waals surface area (Å²) in [6, 6.07) is -0.541. The third-order valence-corrected chi connectivity index (χ3v) is 21.4. The van der Waals surface area contributed by atoms with Crippen LogP contribution in [0.15, 0.2) is 36.5 Å². The van der Waals surface area contributed by atoms with Gasteiger partial charge in [-0.3, -0.25) is 9.59 Å². The Morgan fingerprint density at radius 1 is 0.286 bits per heavy atom. The Balaban J connectivity index is 3.35. The molecule has 6 nitrogen and oxygen atoms in total. The second-order valence-electron chi connectivity index (χ2n) is 31.3. The molecule has 2 atom stereocenters. The minimum Gasteiger partial charge on any atom is -0.466 e. The molecule has 0 saturated heterocycles. The first-order valence-corrected chi connectivity index (χ1v) is 45.2. The standard InChI is InChI=1S/C92H177NO5/c1-3-5-7-9-11-13-15-17-19-21-22-23-24-40-43-46-49-53-56-60-64-68-72-76-80-84-90(95)89(88-94)93-91(96)85-81-77-73-69-65-61-57-54-50-47-44-41-38-36-34-32-30-28-26-25-27-29-31-33-35-37-39-42-45-48-51-55-59-63-67-71-75-79-83-87-98-92(97)86-82-78-74-70-66-62-58-52-20-18-16-14-12-10-8-6-4-2/h18,20,25-26,29,31,89-90,94-95H,3-17,19,21-24,27-28,30,32-88H2,1-2H3,(H,93,96)/b20-18-,26-25-,31-29-. The molecule has 0 aromatic rings. The summed E-state index contributed by atoms with van der Waals surface area (Å²) in [5, 5.41) is 23.5. The molecule has 6 heteroatoms. The lowest BCUT2D eigenvalue weighted by molar-refractivity contribution is -0.143. The third-order valence-electron chi connectivity index (χ3n) is 21.4. The number of esters is 1. The average Bonchev–Trinajstić information content (AvgIpc) is 1.73. The van der Waals surface area contributed by atoms with Crippen LogP contribution in [0.2, 0.25) is 0 Å². The van der Waals surface area contributed by atoms with Crippen molar-refractivity contribution in [1.29, 1.82) is 0 Å². The van der Waals surface area contributed by atoms with Crippen molar-refractivity contribution in [3.05, 3.63) is 36.5 Å². The maximum atomic E-state index is 12.6. The predicted octanol–water partition coefficient (Wildman–Crippen LogP) is 30.5. The van der Waals surface area contributed by atoms with Gasteiger partial charge in [-0.2, -0.15) is 0 Å². The number of aliphatic hydroxyl groups excluding tert-OH is 2. The maximum absolute atomic E-state index is 12.6. The largest absolute Gasteiger partial charge is 0.466 e. The van der Waals surface area contributed by atoms with Gasteiger partial charge in [0, 0.05) is 12.8 Å². The normalized spacial score (nSPS) is 12.6. The van der Waals surface area contributed by atoms with Crippen molar-refractivity contribution in [3.8, 4) is 0 Å². The van der Waals surface area contributed by atoms with E-state index in [1.54, 1.807) is 0 Å². The van der Waals surface area contributed by atoms with Gasteiger partial charge in [0.15, 0.2) is 0 Å². The molecule has 1 amide bonds. The highest BCUT2D eigenvalue weighted by molar-refractivity contribution is 5.76. The highest BCUT2D eigenvalue weighted by Gasteiger charge is 2.20. The van der Waals surface area contributed by atoms with Crippen molar-refractivity contribution in [2.75, 3.05) is 13.2 Å². The SMILES string of the molecule is CCCCCCCC/C=C\CCCCCCCCCC(=O)OCCCCCCCCCCCCCCCCC/C=C\C/C=C\CCCCCCCCCCCCCCCCCCCC(=O)NC(CO)C(O)CCCCCCCCCCCCCCCCCCCCCCCCCCC. The fourth-order valence-electron chi connectivity index (χ4n) is 14.6. The van der Waals surface area contributed by atoms with Gasteiger partial charge in [0.2, 0.25) is 5.91 Å². The Morgan fingerprint density at radius 2 is 0.510 bits per heavy atom. The van der Waals surface area contributed by atoms with Crippen molar-refractivity contribution in [1.82, 2.24) is 5.32 Å². The fourth-order valence-corrected chi connectivity index (χ4v) is 14.6. The molecule has 0 aliphatic rings. The number of rotatable bonds is 86. The maximum Gasteiger partial charge on any atom is 0.305 e. The van der Waals surface area contributed by atoms with Gasteiger partial charge in [-0.25, -0.2) is 0 Å². The molecule has 0 rings (SSSR count). The number of amides is 1. The summed E-state index contributed by atoms with van der Waals surface area (Å²) in [5.41, 5.74) is 0. The van der Waals surface area contributed by atoms with Crippen molar-refractivity contribution in [3.63, 3.8) is 0 Å². The molecule has 0 radical (unpaired) electrons. The van der Waals surface area contributed by atoms with E-state index in [0.717, 1.165) is 51.4 Å². The van der Waals surface area contributed by atoms with E-state index in [9.17, 15) is 19.8 Å². The van der Waals surface area contributed by atoms with Crippen molar-refractivity contribution >= 4 is 11.9 Å². The molecule has 2 unspecified atom stereocenters. The number of carbonyl (C=O) groups excluding carboxylic acids is 2. The molecule has 0 bridgehead atoms. The highest BCUT2D eigenvalue weighted by atomic mass is 16.5. The summed E-state index contributed by atoms with van der Waals surface area (Å²) < 4.78 is 5.51. The lowest BCUT2D eigenvalue weighted by Gasteiger charge is -2.22. The van der Waals surface area contributed by atoms with Crippen LogP contribution in [0, 0.1) is 0 Å². The van der Waals surface area contributed by atoms with Crippen LogP contribution in [0.3, 0.4) is 0 Å². The molecule has 0 spiro atoms. The number of carbonyl (C=O) groups is 2. The quantitative estimate of drug-likeness (QED) is 0.0320. The van der Waals surface area contributed by atoms with E-state index in [2.05, 4.69) is 55.6 Å². The van der Waals surface area contributed by atoms with Crippen LogP contribution < -0.4 is 5.32 Å². The number of hydrogen-bond donors (Lipinski definition) is 3. The van der Waals surface area contributed by atoms with Crippen LogP contribution in [-0.2, 0) is 14.3 Å². The summed E-state index contributed by atoms with van der Waals surface area (Å²) in [5.74, 6) is -0.00748. The van der Waals surface area contributed by atoms with Crippen LogP contribution in [-0.4, -0.2) is 47.4 Å². The topological polar surface area (TPSA) is 95.9 Å². The zero-order chi connectivity index (χ0) is 70.5. The van der Waals surface area contributed by atoms with E-state index >= 15 is 0 Å². The lowest BCUT2D eigenvalue weighted by atomic mass is 10.0. The molecule has 0 aromatic carbocycles. The van der Waals surface area contributed by atoms with E-state index in [0.29, 0.717) is 25.9 Å². The Kier molecular flexibility index (Phi) is 85.8. The molecule has 3 N–H and O–H groups in total. The molecular formula is C92H177NO5. The predicted molar refractivity (Wildman–Crippen MR) is 435 cm³/mol. The van der Waals surface area contributed by atoms with Crippen LogP contribution in [0.4, 0.5) is 0 Å². The monoisotopic (exact) mass is 1380 g/mol. The summed E-state index contributed by atoms with van der Waals surface area (Å²) in [7, 11) is 0. The number of ether oxygens (including phenoxy) is 1. The van der Waals surface area contributed by atoms with E-state index in [4.69, 9.17) is 4.74 Å². The highest BCUT2D eigenvalue weighted by Crippen LogP contribution is 2.21. The fraction of sp³-hybridized carbons (Fsp3) is 0.913. The summed E-state index contributed by atoms with van der Waals surface area (Å²) in [6.07, 6.45) is 116. The minimum atomic E-state index is -0.664. The second kappa shape index (κ2) is 87.5. The molecule has 0 heterocycles. The molecule has 0 aliphatic carbocycles. The van der Waals surface area contributed by atoms with Gasteiger partial charge in [0.25, 0.3) is 0 Å². The van der Waals surface area contributed by atoms with Crippen LogP contribution in [0.25, 0.3) is 0 Å². The molecule has 98 heavy (non-hydrogen) atoms. The second-order valence-corrected chi connectivity index (χ2v) is 31.3. The van der Waals surface area contributed by atoms with Crippen molar-refractivity contribution in [2.24, 2.45) is 0 Å².